The molecule has 2 aromatic rings. The highest BCUT2D eigenvalue weighted by atomic mass is 32.2. The van der Waals surface area contributed by atoms with Gasteiger partial charge in [0.1, 0.15) is 5.60 Å². The summed E-state index contributed by atoms with van der Waals surface area (Å²) in [7, 11) is 0. The largest absolute Gasteiger partial charge is 0.444 e. The van der Waals surface area contributed by atoms with Crippen molar-refractivity contribution in [1.82, 2.24) is 15.6 Å². The topological polar surface area (TPSA) is 80.3 Å². The number of amides is 2. The Kier molecular flexibility index (Phi) is 10.3. The molecule has 6 nitrogen and oxygen atoms in total. The second-order valence-electron chi connectivity index (χ2n) is 8.80. The molecule has 0 atom stereocenters. The number of alkyl carbamates (subject to hydrolysis) is 1. The maximum Gasteiger partial charge on any atom is 0.407 e. The fraction of sp³-hybridized carbons (Fsp3) is 0.542. The van der Waals surface area contributed by atoms with Crippen LogP contribution in [0.4, 0.5) is 4.79 Å². The van der Waals surface area contributed by atoms with Crippen molar-refractivity contribution in [3.8, 4) is 0 Å². The zero-order valence-electron chi connectivity index (χ0n) is 20.1. The SMILES string of the molecule is CC.CC(C)(C)OC(=O)NCCCNC(=O)c1cnc2c(SC(C)(C)C)cccc2c1. The van der Waals surface area contributed by atoms with Gasteiger partial charge in [-0.3, -0.25) is 9.78 Å². The molecule has 172 valence electrons. The molecule has 31 heavy (non-hydrogen) atoms. The summed E-state index contributed by atoms with van der Waals surface area (Å²) in [5.74, 6) is -0.175. The number of hydrogen-bond donors (Lipinski definition) is 2. The number of pyridine rings is 1. The zero-order valence-corrected chi connectivity index (χ0v) is 20.9. The van der Waals surface area contributed by atoms with Crippen molar-refractivity contribution >= 4 is 34.7 Å². The third-order valence-electron chi connectivity index (χ3n) is 3.66. The summed E-state index contributed by atoms with van der Waals surface area (Å²) in [5.41, 5.74) is 0.910. The van der Waals surface area contributed by atoms with Crippen molar-refractivity contribution in [1.29, 1.82) is 0 Å². The van der Waals surface area contributed by atoms with Crippen molar-refractivity contribution in [3.05, 3.63) is 36.0 Å². The van der Waals surface area contributed by atoms with E-state index in [1.165, 1.54) is 0 Å². The second-order valence-corrected chi connectivity index (χ2v) is 10.7. The van der Waals surface area contributed by atoms with Gasteiger partial charge in [0, 0.05) is 34.3 Å². The lowest BCUT2D eigenvalue weighted by Gasteiger charge is -2.19. The summed E-state index contributed by atoms with van der Waals surface area (Å²) in [6.07, 6.45) is 1.77. The number of carbonyl (C=O) groups excluding carboxylic acids is 2. The first-order valence-electron chi connectivity index (χ1n) is 10.8. The molecule has 1 aromatic carbocycles. The minimum absolute atomic E-state index is 0.0827. The Hall–Kier alpha value is -2.28. The number of aromatic nitrogens is 1. The van der Waals surface area contributed by atoms with Crippen LogP contribution in [0.3, 0.4) is 0 Å². The van der Waals surface area contributed by atoms with Crippen molar-refractivity contribution in [2.45, 2.75) is 77.1 Å². The lowest BCUT2D eigenvalue weighted by Crippen LogP contribution is -2.34. The van der Waals surface area contributed by atoms with Crippen LogP contribution in [-0.2, 0) is 4.74 Å². The molecule has 0 aliphatic rings. The third kappa shape index (κ3) is 10.0. The molecule has 0 radical (unpaired) electrons. The maximum absolute atomic E-state index is 12.4. The lowest BCUT2D eigenvalue weighted by molar-refractivity contribution is 0.0527. The molecule has 2 amide bonds. The van der Waals surface area contributed by atoms with Gasteiger partial charge in [-0.25, -0.2) is 4.79 Å². The van der Waals surface area contributed by atoms with E-state index in [0.717, 1.165) is 15.8 Å². The highest BCUT2D eigenvalue weighted by Gasteiger charge is 2.16. The van der Waals surface area contributed by atoms with Crippen LogP contribution >= 0.6 is 11.8 Å². The quantitative estimate of drug-likeness (QED) is 0.432. The Bertz CT molecular complexity index is 870. The number of ether oxygens (including phenoxy) is 1. The van der Waals surface area contributed by atoms with Gasteiger partial charge in [0.2, 0.25) is 0 Å². The van der Waals surface area contributed by atoms with Crippen molar-refractivity contribution in [2.75, 3.05) is 13.1 Å². The van der Waals surface area contributed by atoms with Crippen LogP contribution in [0, 0.1) is 0 Å². The van der Waals surface area contributed by atoms with Crippen molar-refractivity contribution < 1.29 is 14.3 Å². The molecule has 2 rings (SSSR count). The molecule has 1 heterocycles. The van der Waals surface area contributed by atoms with Gasteiger partial charge in [-0.1, -0.05) is 46.8 Å². The summed E-state index contributed by atoms with van der Waals surface area (Å²) in [5, 5.41) is 6.48. The normalized spacial score (nSPS) is 11.4. The molecule has 0 fully saturated rings. The van der Waals surface area contributed by atoms with E-state index in [1.54, 1.807) is 18.0 Å². The van der Waals surface area contributed by atoms with Gasteiger partial charge in [-0.05, 0) is 39.3 Å². The number of nitrogens with zero attached hydrogens (tertiary/aromatic N) is 1. The van der Waals surface area contributed by atoms with Crippen LogP contribution in [0.5, 0.6) is 0 Å². The van der Waals surface area contributed by atoms with E-state index in [9.17, 15) is 9.59 Å². The maximum atomic E-state index is 12.4. The monoisotopic (exact) mass is 447 g/mol. The zero-order chi connectivity index (χ0) is 23.7. The van der Waals surface area contributed by atoms with Gasteiger partial charge in [-0.2, -0.15) is 0 Å². The smallest absolute Gasteiger partial charge is 0.407 e. The van der Waals surface area contributed by atoms with E-state index in [0.29, 0.717) is 25.1 Å². The number of hydrogen-bond acceptors (Lipinski definition) is 5. The Morgan fingerprint density at radius 3 is 2.29 bits per heavy atom. The van der Waals surface area contributed by atoms with Gasteiger partial charge in [0.25, 0.3) is 5.91 Å². The Morgan fingerprint density at radius 1 is 1.03 bits per heavy atom. The molecule has 0 unspecified atom stereocenters. The number of para-hydroxylation sites is 1. The second kappa shape index (κ2) is 11.9. The van der Waals surface area contributed by atoms with E-state index < -0.39 is 11.7 Å². The van der Waals surface area contributed by atoms with Gasteiger partial charge >= 0.3 is 6.09 Å². The first-order chi connectivity index (χ1) is 14.4. The van der Waals surface area contributed by atoms with Crippen LogP contribution in [0.2, 0.25) is 0 Å². The number of thioether (sulfide) groups is 1. The fourth-order valence-corrected chi connectivity index (χ4v) is 3.64. The standard InChI is InChI=1S/C22H31N3O3S.C2H6/c1-21(2,3)28-20(27)24-12-8-11-23-19(26)16-13-15-9-7-10-17(18(15)25-14-16)29-22(4,5)6;1-2/h7,9-10,13-14H,8,11-12H2,1-6H3,(H,23,26)(H,24,27);1-2H3. The first-order valence-corrected chi connectivity index (χ1v) is 11.6. The number of benzene rings is 1. The van der Waals surface area contributed by atoms with Crippen LogP contribution in [0.15, 0.2) is 35.4 Å². The number of carbonyl (C=O) groups is 2. The van der Waals surface area contributed by atoms with Crippen LogP contribution in [0.1, 0.15) is 72.2 Å². The number of nitrogens with one attached hydrogen (secondary N) is 2. The predicted octanol–water partition coefficient (Wildman–Crippen LogP) is 5.80. The molecular formula is C24H37N3O3S. The summed E-state index contributed by atoms with van der Waals surface area (Å²) in [6, 6.07) is 7.88. The van der Waals surface area contributed by atoms with Crippen LogP contribution < -0.4 is 10.6 Å². The van der Waals surface area contributed by atoms with E-state index in [2.05, 4.69) is 42.5 Å². The fourth-order valence-electron chi connectivity index (χ4n) is 2.57. The minimum Gasteiger partial charge on any atom is -0.444 e. The molecule has 7 heteroatoms. The van der Waals surface area contributed by atoms with Crippen molar-refractivity contribution in [2.24, 2.45) is 0 Å². The number of fused-ring (bicyclic) bond motifs is 1. The summed E-state index contributed by atoms with van der Waals surface area (Å²) >= 11 is 1.76. The van der Waals surface area contributed by atoms with Crippen LogP contribution in [0.25, 0.3) is 10.9 Å². The Balaban J connectivity index is 0.00000233. The highest BCUT2D eigenvalue weighted by Crippen LogP contribution is 2.35. The predicted molar refractivity (Wildman–Crippen MR) is 130 cm³/mol. The highest BCUT2D eigenvalue weighted by molar-refractivity contribution is 8.00. The van der Waals surface area contributed by atoms with Crippen LogP contribution in [-0.4, -0.2) is 40.4 Å². The molecule has 1 aromatic heterocycles. The van der Waals surface area contributed by atoms with Crippen molar-refractivity contribution in [3.63, 3.8) is 0 Å². The first kappa shape index (κ1) is 26.8. The Morgan fingerprint density at radius 2 is 1.68 bits per heavy atom. The van der Waals surface area contributed by atoms with E-state index >= 15 is 0 Å². The van der Waals surface area contributed by atoms with E-state index in [4.69, 9.17) is 4.74 Å². The van der Waals surface area contributed by atoms with E-state index in [-0.39, 0.29) is 10.7 Å². The molecule has 0 saturated heterocycles. The lowest BCUT2D eigenvalue weighted by atomic mass is 10.1. The van der Waals surface area contributed by atoms with Gasteiger partial charge in [0.15, 0.2) is 0 Å². The summed E-state index contributed by atoms with van der Waals surface area (Å²) < 4.78 is 5.25. The van der Waals surface area contributed by atoms with E-state index in [1.807, 2.05) is 52.8 Å². The minimum atomic E-state index is -0.521. The molecule has 0 aliphatic heterocycles. The van der Waals surface area contributed by atoms with Gasteiger partial charge in [0.05, 0.1) is 11.1 Å². The third-order valence-corrected chi connectivity index (χ3v) is 4.82. The molecule has 0 aliphatic carbocycles. The average molecular weight is 448 g/mol. The molecule has 0 spiro atoms. The molecular weight excluding hydrogens is 410 g/mol. The summed E-state index contributed by atoms with van der Waals surface area (Å²) in [6.45, 7) is 16.8. The summed E-state index contributed by atoms with van der Waals surface area (Å²) in [4.78, 5) is 29.6. The molecule has 0 bridgehead atoms. The van der Waals surface area contributed by atoms with Gasteiger partial charge in [-0.15, -0.1) is 11.8 Å². The Labute approximate surface area is 190 Å². The average Bonchev–Trinajstić information content (AvgIpc) is 2.66. The molecule has 0 saturated carbocycles. The van der Waals surface area contributed by atoms with Gasteiger partial charge < -0.3 is 15.4 Å². The number of rotatable bonds is 6. The molecule has 2 N–H and O–H groups in total.